The van der Waals surface area contributed by atoms with Crippen LogP contribution in [0, 0.1) is 0 Å². The van der Waals surface area contributed by atoms with E-state index in [2.05, 4.69) is 0 Å². The monoisotopic (exact) mass is 483 g/mol. The van der Waals surface area contributed by atoms with Gasteiger partial charge in [-0.25, -0.2) is 13.2 Å². The molecule has 2 atom stereocenters. The largest absolute Gasteiger partial charge is 0.456 e. The lowest BCUT2D eigenvalue weighted by molar-refractivity contribution is 0.0232. The molecule has 5 nitrogen and oxygen atoms in total. The summed E-state index contributed by atoms with van der Waals surface area (Å²) in [4.78, 5) is 13.3. The number of rotatable bonds is 6. The maximum Gasteiger partial charge on any atom is 0.338 e. The highest BCUT2D eigenvalue weighted by molar-refractivity contribution is 7.92. The summed E-state index contributed by atoms with van der Waals surface area (Å²) in [6.07, 6.45) is 0.150. The van der Waals surface area contributed by atoms with E-state index in [0.717, 1.165) is 11.1 Å². The summed E-state index contributed by atoms with van der Waals surface area (Å²) >= 11 is 0. The number of esters is 1. The van der Waals surface area contributed by atoms with Crippen molar-refractivity contribution < 1.29 is 17.9 Å². The molecule has 0 amide bonds. The molecule has 4 aromatic rings. The van der Waals surface area contributed by atoms with Crippen LogP contribution < -0.4 is 4.31 Å². The van der Waals surface area contributed by atoms with Crippen LogP contribution in [0.15, 0.2) is 120 Å². The molecular weight excluding hydrogens is 458 g/mol. The Balaban J connectivity index is 1.62. The van der Waals surface area contributed by atoms with E-state index in [-0.39, 0.29) is 4.90 Å². The van der Waals surface area contributed by atoms with Crippen molar-refractivity contribution in [3.05, 3.63) is 132 Å². The van der Waals surface area contributed by atoms with Gasteiger partial charge in [0.25, 0.3) is 10.0 Å². The number of hydrogen-bond donors (Lipinski definition) is 0. The van der Waals surface area contributed by atoms with Gasteiger partial charge in [0.05, 0.1) is 22.2 Å². The third kappa shape index (κ3) is 4.70. The number of fused-ring (bicyclic) bond motifs is 1. The molecule has 35 heavy (non-hydrogen) atoms. The Morgan fingerprint density at radius 3 is 2.03 bits per heavy atom. The van der Waals surface area contributed by atoms with E-state index >= 15 is 0 Å². The van der Waals surface area contributed by atoms with Crippen molar-refractivity contribution in [1.29, 1.82) is 0 Å². The van der Waals surface area contributed by atoms with Gasteiger partial charge in [-0.2, -0.15) is 0 Å². The molecule has 0 saturated heterocycles. The lowest BCUT2D eigenvalue weighted by Crippen LogP contribution is -2.53. The molecule has 5 rings (SSSR count). The summed E-state index contributed by atoms with van der Waals surface area (Å²) in [7, 11) is -3.94. The minimum atomic E-state index is -3.94. The lowest BCUT2D eigenvalue weighted by Gasteiger charge is -2.42. The molecule has 0 fully saturated rings. The van der Waals surface area contributed by atoms with Gasteiger partial charge in [-0.1, -0.05) is 84.9 Å². The quantitative estimate of drug-likeness (QED) is 0.350. The van der Waals surface area contributed by atoms with Gasteiger partial charge in [-0.3, -0.25) is 4.31 Å². The molecule has 0 N–H and O–H groups in total. The van der Waals surface area contributed by atoms with Gasteiger partial charge < -0.3 is 4.74 Å². The van der Waals surface area contributed by atoms with E-state index in [9.17, 15) is 13.2 Å². The second-order valence-electron chi connectivity index (χ2n) is 8.51. The number of anilines is 1. The van der Waals surface area contributed by atoms with Crippen molar-refractivity contribution in [3.8, 4) is 0 Å². The molecule has 176 valence electrons. The smallest absolute Gasteiger partial charge is 0.338 e. The lowest BCUT2D eigenvalue weighted by atomic mass is 9.91. The number of sulfonamides is 1. The first kappa shape index (κ1) is 22.9. The number of para-hydroxylation sites is 1. The minimum Gasteiger partial charge on any atom is -0.456 e. The Morgan fingerprint density at radius 2 is 1.34 bits per heavy atom. The van der Waals surface area contributed by atoms with E-state index in [1.807, 2.05) is 60.7 Å². The molecule has 2 unspecified atom stereocenters. The zero-order valence-electron chi connectivity index (χ0n) is 19.0. The van der Waals surface area contributed by atoms with Crippen LogP contribution in [-0.4, -0.2) is 26.5 Å². The Labute approximate surface area is 205 Å². The molecule has 0 radical (unpaired) electrons. The van der Waals surface area contributed by atoms with Gasteiger partial charge in [-0.15, -0.1) is 0 Å². The Kier molecular flexibility index (Phi) is 6.38. The summed E-state index contributed by atoms with van der Waals surface area (Å²) in [6.45, 7) is 0. The summed E-state index contributed by atoms with van der Waals surface area (Å²) < 4.78 is 35.6. The van der Waals surface area contributed by atoms with Crippen molar-refractivity contribution in [3.63, 3.8) is 0 Å². The molecule has 1 aliphatic rings. The average molecular weight is 484 g/mol. The Bertz CT molecular complexity index is 1410. The molecule has 0 saturated carbocycles. The zero-order chi connectivity index (χ0) is 24.3. The molecule has 0 spiro atoms. The molecule has 0 bridgehead atoms. The van der Waals surface area contributed by atoms with Crippen LogP contribution in [0.4, 0.5) is 5.69 Å². The first-order valence-corrected chi connectivity index (χ1v) is 13.0. The highest BCUT2D eigenvalue weighted by Crippen LogP contribution is 2.38. The number of hydrogen-bond acceptors (Lipinski definition) is 4. The number of carbonyl (C=O) groups excluding carboxylic acids is 1. The molecular formula is C29H25NO4S. The topological polar surface area (TPSA) is 63.7 Å². The van der Waals surface area contributed by atoms with Crippen LogP contribution in [0.2, 0.25) is 0 Å². The fourth-order valence-corrected chi connectivity index (χ4v) is 6.30. The van der Waals surface area contributed by atoms with Crippen molar-refractivity contribution in [1.82, 2.24) is 0 Å². The zero-order valence-corrected chi connectivity index (χ0v) is 19.8. The Morgan fingerprint density at radius 1 is 0.771 bits per heavy atom. The third-order valence-corrected chi connectivity index (χ3v) is 8.09. The van der Waals surface area contributed by atoms with Crippen LogP contribution in [-0.2, 0) is 27.6 Å². The van der Waals surface area contributed by atoms with E-state index in [0.29, 0.717) is 24.1 Å². The minimum absolute atomic E-state index is 0.197. The maximum absolute atomic E-state index is 14.0. The van der Waals surface area contributed by atoms with Crippen molar-refractivity contribution >= 4 is 21.7 Å². The van der Waals surface area contributed by atoms with E-state index in [1.54, 1.807) is 54.6 Å². The van der Waals surface area contributed by atoms with Crippen LogP contribution in [0.5, 0.6) is 0 Å². The Hall–Kier alpha value is -3.90. The molecule has 6 heteroatoms. The molecule has 4 aromatic carbocycles. The number of benzene rings is 4. The van der Waals surface area contributed by atoms with Crippen LogP contribution in [0.25, 0.3) is 0 Å². The second kappa shape index (κ2) is 9.76. The summed E-state index contributed by atoms with van der Waals surface area (Å²) in [5, 5.41) is 0. The first-order valence-electron chi connectivity index (χ1n) is 11.5. The van der Waals surface area contributed by atoms with E-state index < -0.39 is 28.1 Å². The molecule has 0 aromatic heterocycles. The van der Waals surface area contributed by atoms with E-state index in [4.69, 9.17) is 4.74 Å². The maximum atomic E-state index is 14.0. The second-order valence-corrected chi connectivity index (χ2v) is 10.3. The van der Waals surface area contributed by atoms with Gasteiger partial charge in [-0.05, 0) is 47.9 Å². The number of carbonyl (C=O) groups is 1. The van der Waals surface area contributed by atoms with Crippen molar-refractivity contribution in [2.24, 2.45) is 0 Å². The van der Waals surface area contributed by atoms with Gasteiger partial charge in [0.15, 0.2) is 0 Å². The highest BCUT2D eigenvalue weighted by Gasteiger charge is 2.43. The fraction of sp³-hybridized carbons (Fsp3) is 0.138. The highest BCUT2D eigenvalue weighted by atomic mass is 32.2. The van der Waals surface area contributed by atoms with Gasteiger partial charge >= 0.3 is 5.97 Å². The van der Waals surface area contributed by atoms with Crippen LogP contribution in [0.1, 0.15) is 21.5 Å². The van der Waals surface area contributed by atoms with E-state index in [1.165, 1.54) is 4.31 Å². The third-order valence-electron chi connectivity index (χ3n) is 6.24. The van der Waals surface area contributed by atoms with Crippen molar-refractivity contribution in [2.75, 3.05) is 4.31 Å². The van der Waals surface area contributed by atoms with Gasteiger partial charge in [0.1, 0.15) is 6.10 Å². The number of nitrogens with zero attached hydrogens (tertiary/aromatic N) is 1. The first-order chi connectivity index (χ1) is 17.0. The average Bonchev–Trinajstić information content (AvgIpc) is 2.90. The van der Waals surface area contributed by atoms with Gasteiger partial charge in [0.2, 0.25) is 0 Å². The predicted octanol–water partition coefficient (Wildman–Crippen LogP) is 5.27. The van der Waals surface area contributed by atoms with Crippen LogP contribution >= 0.6 is 0 Å². The normalized spacial score (nSPS) is 17.4. The molecule has 0 aliphatic carbocycles. The number of ether oxygens (including phenoxy) is 1. The van der Waals surface area contributed by atoms with Crippen LogP contribution in [0.3, 0.4) is 0 Å². The summed E-state index contributed by atoms with van der Waals surface area (Å²) in [5.74, 6) is -0.467. The van der Waals surface area contributed by atoms with Crippen molar-refractivity contribution in [2.45, 2.75) is 29.9 Å². The predicted molar refractivity (Wildman–Crippen MR) is 136 cm³/mol. The standard InChI is InChI=1S/C29H25NO4S/c31-29(23-14-6-2-7-15-23)34-28-21-24-16-10-11-19-26(24)30(27(28)20-22-12-4-1-5-13-22)35(32,33)25-17-8-3-9-18-25/h1-19,27-28H,20-21H2. The molecule has 1 heterocycles. The fourth-order valence-electron chi connectivity index (χ4n) is 4.56. The van der Waals surface area contributed by atoms with Gasteiger partial charge in [0, 0.05) is 6.42 Å². The molecule has 1 aliphatic heterocycles. The summed E-state index contributed by atoms with van der Waals surface area (Å²) in [5.41, 5.74) is 2.83. The summed E-state index contributed by atoms with van der Waals surface area (Å²) in [6, 6.07) is 33.7. The SMILES string of the molecule is O=C(OC1Cc2ccccc2N(S(=O)(=O)c2ccccc2)C1Cc1ccccc1)c1ccccc1.